The third kappa shape index (κ3) is 7.97. The van der Waals surface area contributed by atoms with Crippen LogP contribution in [0.4, 0.5) is 0 Å². The Labute approximate surface area is 168 Å². The van der Waals surface area contributed by atoms with Crippen LogP contribution in [0.25, 0.3) is 0 Å². The van der Waals surface area contributed by atoms with Gasteiger partial charge in [-0.2, -0.15) is 0 Å². The number of nitrogens with one attached hydrogen (secondary N) is 1. The molecule has 3 N–H and O–H groups in total. The summed E-state index contributed by atoms with van der Waals surface area (Å²) in [6.45, 7) is 1.38. The second kappa shape index (κ2) is 12.1. The lowest BCUT2D eigenvalue weighted by molar-refractivity contribution is -0.159. The van der Waals surface area contributed by atoms with Gasteiger partial charge in [-0.15, -0.1) is 0 Å². The number of hydrogen-bond donors (Lipinski definition) is 3. The van der Waals surface area contributed by atoms with Crippen LogP contribution in [0.1, 0.15) is 11.1 Å². The quantitative estimate of drug-likeness (QED) is 0.565. The number of carboxylic acid groups (broad SMARTS) is 2. The summed E-state index contributed by atoms with van der Waals surface area (Å²) in [5, 5.41) is 18.2. The smallest absolute Gasteiger partial charge is 0.414 e. The van der Waals surface area contributed by atoms with Gasteiger partial charge in [-0.05, 0) is 23.8 Å². The molecule has 0 saturated carbocycles. The van der Waals surface area contributed by atoms with E-state index < -0.39 is 11.9 Å². The fraction of sp³-hybridized carbons (Fsp3) is 0.300. The van der Waals surface area contributed by atoms with Crippen LogP contribution in [0.3, 0.4) is 0 Å². The van der Waals surface area contributed by atoms with Gasteiger partial charge in [0.1, 0.15) is 23.0 Å². The van der Waals surface area contributed by atoms with Crippen LogP contribution in [0, 0.1) is 0 Å². The van der Waals surface area contributed by atoms with E-state index in [0.717, 1.165) is 34.1 Å². The Kier molecular flexibility index (Phi) is 9.83. The van der Waals surface area contributed by atoms with Crippen LogP contribution in [-0.2, 0) is 22.7 Å². The number of ether oxygens (including phenoxy) is 4. The number of aliphatic carboxylic acids is 2. The fourth-order valence-corrected chi connectivity index (χ4v) is 2.31. The van der Waals surface area contributed by atoms with E-state index in [4.69, 9.17) is 38.7 Å². The first-order valence-corrected chi connectivity index (χ1v) is 8.44. The number of methoxy groups -OCH3 is 4. The minimum atomic E-state index is -1.82. The first-order valence-electron chi connectivity index (χ1n) is 8.44. The molecule has 2 aromatic carbocycles. The molecule has 2 aromatic rings. The predicted octanol–water partition coefficient (Wildman–Crippen LogP) is 2.17. The van der Waals surface area contributed by atoms with Gasteiger partial charge in [0, 0.05) is 30.8 Å². The summed E-state index contributed by atoms with van der Waals surface area (Å²) in [5.41, 5.74) is 2.16. The van der Waals surface area contributed by atoms with Crippen molar-refractivity contribution >= 4 is 11.9 Å². The summed E-state index contributed by atoms with van der Waals surface area (Å²) in [4.78, 5) is 18.2. The van der Waals surface area contributed by atoms with Crippen molar-refractivity contribution in [2.24, 2.45) is 0 Å². The zero-order valence-corrected chi connectivity index (χ0v) is 16.7. The lowest BCUT2D eigenvalue weighted by atomic mass is 10.1. The van der Waals surface area contributed by atoms with Gasteiger partial charge in [-0.3, -0.25) is 0 Å². The van der Waals surface area contributed by atoms with Crippen LogP contribution in [0.5, 0.6) is 23.0 Å². The lowest BCUT2D eigenvalue weighted by Gasteiger charge is -2.12. The summed E-state index contributed by atoms with van der Waals surface area (Å²) >= 11 is 0. The topological polar surface area (TPSA) is 124 Å². The summed E-state index contributed by atoms with van der Waals surface area (Å²) in [7, 11) is 6.59. The Hall–Kier alpha value is -3.46. The predicted molar refractivity (Wildman–Crippen MR) is 105 cm³/mol. The molecule has 158 valence electrons. The molecule has 0 amide bonds. The molecule has 0 spiro atoms. The SMILES string of the molecule is COc1cc(CNCc2ccc(OC)cc2OC)cc(OC)c1.O=C(O)C(=O)O. The van der Waals surface area contributed by atoms with Crippen molar-refractivity contribution in [3.05, 3.63) is 47.5 Å². The molecule has 0 aromatic heterocycles. The highest BCUT2D eigenvalue weighted by Crippen LogP contribution is 2.25. The minimum Gasteiger partial charge on any atom is -0.497 e. The van der Waals surface area contributed by atoms with E-state index in [9.17, 15) is 0 Å². The van der Waals surface area contributed by atoms with Gasteiger partial charge in [-0.1, -0.05) is 6.07 Å². The largest absolute Gasteiger partial charge is 0.497 e. The molecule has 0 saturated heterocycles. The molecule has 0 heterocycles. The van der Waals surface area contributed by atoms with Crippen molar-refractivity contribution in [3.8, 4) is 23.0 Å². The molecular formula is C20H25NO8. The van der Waals surface area contributed by atoms with E-state index >= 15 is 0 Å². The van der Waals surface area contributed by atoms with E-state index in [2.05, 4.69) is 5.32 Å². The maximum Gasteiger partial charge on any atom is 0.414 e. The standard InChI is InChI=1S/C18H23NO4.C2H2O4/c1-20-15-6-5-14(18(10-15)23-4)12-19-11-13-7-16(21-2)9-17(8-13)22-3;3-1(4)2(5)6/h5-10,19H,11-12H2,1-4H3;(H,3,4)(H,5,6). The first-order chi connectivity index (χ1) is 13.8. The molecule has 29 heavy (non-hydrogen) atoms. The highest BCUT2D eigenvalue weighted by molar-refractivity contribution is 6.27. The molecule has 9 heteroatoms. The highest BCUT2D eigenvalue weighted by atomic mass is 16.5. The monoisotopic (exact) mass is 407 g/mol. The summed E-state index contributed by atoms with van der Waals surface area (Å²) < 4.78 is 21.2. The minimum absolute atomic E-state index is 0.687. The number of hydrogen-bond acceptors (Lipinski definition) is 7. The van der Waals surface area contributed by atoms with E-state index in [1.54, 1.807) is 28.4 Å². The van der Waals surface area contributed by atoms with Gasteiger partial charge in [0.15, 0.2) is 0 Å². The maximum absolute atomic E-state index is 9.10. The van der Waals surface area contributed by atoms with Crippen LogP contribution in [0.2, 0.25) is 0 Å². The second-order valence-electron chi connectivity index (χ2n) is 5.61. The molecule has 0 radical (unpaired) electrons. The van der Waals surface area contributed by atoms with Gasteiger partial charge in [0.25, 0.3) is 0 Å². The average Bonchev–Trinajstić information content (AvgIpc) is 2.73. The third-order valence-electron chi connectivity index (χ3n) is 3.73. The maximum atomic E-state index is 9.10. The highest BCUT2D eigenvalue weighted by Gasteiger charge is 2.06. The zero-order valence-electron chi connectivity index (χ0n) is 16.7. The first kappa shape index (κ1) is 23.6. The van der Waals surface area contributed by atoms with Crippen LogP contribution in [0.15, 0.2) is 36.4 Å². The Morgan fingerprint density at radius 3 is 1.76 bits per heavy atom. The molecule has 0 aliphatic carbocycles. The molecule has 0 fully saturated rings. The zero-order chi connectivity index (χ0) is 21.8. The Morgan fingerprint density at radius 2 is 1.31 bits per heavy atom. The molecule has 0 aliphatic heterocycles. The fourth-order valence-electron chi connectivity index (χ4n) is 2.31. The van der Waals surface area contributed by atoms with E-state index in [1.807, 2.05) is 36.4 Å². The van der Waals surface area contributed by atoms with E-state index in [1.165, 1.54) is 0 Å². The number of carbonyl (C=O) groups is 2. The molecule has 0 unspecified atom stereocenters. The Balaban J connectivity index is 0.000000612. The number of rotatable bonds is 8. The summed E-state index contributed by atoms with van der Waals surface area (Å²) in [5.74, 6) is -0.500. The average molecular weight is 407 g/mol. The van der Waals surface area contributed by atoms with Crippen LogP contribution >= 0.6 is 0 Å². The van der Waals surface area contributed by atoms with Crippen LogP contribution in [-0.4, -0.2) is 50.6 Å². The normalized spacial score (nSPS) is 9.66. The van der Waals surface area contributed by atoms with E-state index in [0.29, 0.717) is 13.1 Å². The Morgan fingerprint density at radius 1 is 0.759 bits per heavy atom. The third-order valence-corrected chi connectivity index (χ3v) is 3.73. The van der Waals surface area contributed by atoms with Crippen molar-refractivity contribution in [1.29, 1.82) is 0 Å². The molecular weight excluding hydrogens is 382 g/mol. The van der Waals surface area contributed by atoms with E-state index in [-0.39, 0.29) is 0 Å². The van der Waals surface area contributed by atoms with Crippen molar-refractivity contribution in [2.75, 3.05) is 28.4 Å². The lowest BCUT2D eigenvalue weighted by Crippen LogP contribution is -2.13. The molecule has 0 atom stereocenters. The molecule has 9 nitrogen and oxygen atoms in total. The Bertz CT molecular complexity index is 788. The molecule has 0 aliphatic rings. The van der Waals surface area contributed by atoms with Crippen LogP contribution < -0.4 is 24.3 Å². The van der Waals surface area contributed by atoms with Crippen molar-refractivity contribution in [2.45, 2.75) is 13.1 Å². The van der Waals surface area contributed by atoms with Crippen molar-refractivity contribution in [3.63, 3.8) is 0 Å². The van der Waals surface area contributed by atoms with Crippen molar-refractivity contribution < 1.29 is 38.7 Å². The molecule has 2 rings (SSSR count). The summed E-state index contributed by atoms with van der Waals surface area (Å²) in [6, 6.07) is 11.6. The number of carboxylic acids is 2. The van der Waals surface area contributed by atoms with Gasteiger partial charge in [0.2, 0.25) is 0 Å². The van der Waals surface area contributed by atoms with Gasteiger partial charge in [0.05, 0.1) is 28.4 Å². The van der Waals surface area contributed by atoms with Crippen molar-refractivity contribution in [1.82, 2.24) is 5.32 Å². The van der Waals surface area contributed by atoms with Gasteiger partial charge in [-0.25, -0.2) is 9.59 Å². The summed E-state index contributed by atoms with van der Waals surface area (Å²) in [6.07, 6.45) is 0. The van der Waals surface area contributed by atoms with Gasteiger partial charge < -0.3 is 34.5 Å². The number of benzene rings is 2. The molecule has 0 bridgehead atoms. The second-order valence-corrected chi connectivity index (χ2v) is 5.61. The van der Waals surface area contributed by atoms with Gasteiger partial charge >= 0.3 is 11.9 Å².